The van der Waals surface area contributed by atoms with Crippen LogP contribution in [-0.4, -0.2) is 51.3 Å². The standard InChI is InChI=1S/C14H14F3NO4S/c15-14(16,17)13-4-1-10-9-11(2-3-12(10)22-13)23(19,20)18-5-7-21-8-6-18/h1-4,9,13H,5-8H2. The molecule has 9 heteroatoms. The van der Waals surface area contributed by atoms with Crippen LogP contribution in [-0.2, 0) is 14.8 Å². The van der Waals surface area contributed by atoms with Crippen molar-refractivity contribution >= 4 is 16.1 Å². The van der Waals surface area contributed by atoms with Gasteiger partial charge in [-0.25, -0.2) is 8.42 Å². The molecule has 0 N–H and O–H groups in total. The van der Waals surface area contributed by atoms with Gasteiger partial charge in [-0.3, -0.25) is 0 Å². The van der Waals surface area contributed by atoms with E-state index in [2.05, 4.69) is 0 Å². The van der Waals surface area contributed by atoms with Crippen LogP contribution >= 0.6 is 0 Å². The van der Waals surface area contributed by atoms with Crippen LogP contribution in [0.2, 0.25) is 0 Å². The first-order valence-corrected chi connectivity index (χ1v) is 8.36. The number of morpholine rings is 1. The maximum absolute atomic E-state index is 12.7. The van der Waals surface area contributed by atoms with Crippen molar-refractivity contribution in [1.29, 1.82) is 0 Å². The summed E-state index contributed by atoms with van der Waals surface area (Å²) in [6.45, 7) is 1.14. The van der Waals surface area contributed by atoms with E-state index in [1.807, 2.05) is 0 Å². The molecule has 3 rings (SSSR count). The van der Waals surface area contributed by atoms with Crippen LogP contribution in [0.1, 0.15) is 5.56 Å². The van der Waals surface area contributed by atoms with Crippen LogP contribution in [0.5, 0.6) is 5.75 Å². The molecule has 1 aromatic rings. The molecule has 2 aliphatic heterocycles. The third kappa shape index (κ3) is 3.22. The van der Waals surface area contributed by atoms with Crippen molar-refractivity contribution in [3.05, 3.63) is 29.8 Å². The second-order valence-corrected chi connectivity index (χ2v) is 7.09. The van der Waals surface area contributed by atoms with E-state index in [0.717, 1.165) is 6.08 Å². The summed E-state index contributed by atoms with van der Waals surface area (Å²) in [5, 5.41) is 0. The Morgan fingerprint density at radius 2 is 1.87 bits per heavy atom. The summed E-state index contributed by atoms with van der Waals surface area (Å²) < 4.78 is 74.3. The smallest absolute Gasteiger partial charge is 0.429 e. The SMILES string of the molecule is O=S(=O)(c1ccc2c(c1)C=CC(C(F)(F)F)O2)N1CCOCC1. The van der Waals surface area contributed by atoms with Crippen LogP contribution < -0.4 is 4.74 Å². The van der Waals surface area contributed by atoms with Gasteiger partial charge < -0.3 is 9.47 Å². The molecule has 0 aromatic heterocycles. The molecule has 2 aliphatic rings. The normalized spacial score (nSPS) is 22.5. The molecule has 1 fully saturated rings. The average Bonchev–Trinajstić information content (AvgIpc) is 2.54. The van der Waals surface area contributed by atoms with E-state index in [9.17, 15) is 21.6 Å². The summed E-state index contributed by atoms with van der Waals surface area (Å²) in [6, 6.07) is 3.84. The van der Waals surface area contributed by atoms with Crippen LogP contribution in [0.4, 0.5) is 13.2 Å². The number of alkyl halides is 3. The lowest BCUT2D eigenvalue weighted by atomic mass is 10.1. The lowest BCUT2D eigenvalue weighted by Gasteiger charge is -2.27. The van der Waals surface area contributed by atoms with Gasteiger partial charge in [0, 0.05) is 18.7 Å². The maximum Gasteiger partial charge on any atom is 0.429 e. The minimum absolute atomic E-state index is 0.00996. The number of benzene rings is 1. The molecule has 2 heterocycles. The van der Waals surface area contributed by atoms with E-state index < -0.39 is 22.3 Å². The first-order valence-electron chi connectivity index (χ1n) is 6.92. The highest BCUT2D eigenvalue weighted by molar-refractivity contribution is 7.89. The van der Waals surface area contributed by atoms with Crippen molar-refractivity contribution in [2.75, 3.05) is 26.3 Å². The van der Waals surface area contributed by atoms with Gasteiger partial charge >= 0.3 is 6.18 Å². The van der Waals surface area contributed by atoms with E-state index in [0.29, 0.717) is 18.8 Å². The molecule has 126 valence electrons. The molecule has 0 saturated carbocycles. The van der Waals surface area contributed by atoms with Crippen molar-refractivity contribution < 1.29 is 31.1 Å². The predicted octanol–water partition coefficient (Wildman–Crippen LogP) is 2.04. The summed E-state index contributed by atoms with van der Waals surface area (Å²) in [6.07, 6.45) is -4.42. The lowest BCUT2D eigenvalue weighted by Crippen LogP contribution is -2.40. The number of sulfonamides is 1. The first kappa shape index (κ1) is 16.3. The van der Waals surface area contributed by atoms with Gasteiger partial charge in [0.1, 0.15) is 5.75 Å². The van der Waals surface area contributed by atoms with Gasteiger partial charge in [0.15, 0.2) is 0 Å². The van der Waals surface area contributed by atoms with Crippen LogP contribution in [0.3, 0.4) is 0 Å². The van der Waals surface area contributed by atoms with Gasteiger partial charge in [-0.05, 0) is 24.3 Å². The molecule has 1 aromatic carbocycles. The summed E-state index contributed by atoms with van der Waals surface area (Å²) >= 11 is 0. The number of halogens is 3. The van der Waals surface area contributed by atoms with E-state index in [1.54, 1.807) is 0 Å². The Labute approximate surface area is 131 Å². The second-order valence-electron chi connectivity index (χ2n) is 5.16. The quantitative estimate of drug-likeness (QED) is 0.820. The zero-order valence-corrected chi connectivity index (χ0v) is 12.7. The lowest BCUT2D eigenvalue weighted by molar-refractivity contribution is -0.180. The molecule has 5 nitrogen and oxygen atoms in total. The summed E-state index contributed by atoms with van der Waals surface area (Å²) in [5.74, 6) is 0.00996. The van der Waals surface area contributed by atoms with Crippen molar-refractivity contribution in [3.8, 4) is 5.75 Å². The van der Waals surface area contributed by atoms with Gasteiger partial charge in [0.05, 0.1) is 18.1 Å². The van der Waals surface area contributed by atoms with E-state index >= 15 is 0 Å². The highest BCUT2D eigenvalue weighted by atomic mass is 32.2. The van der Waals surface area contributed by atoms with Crippen molar-refractivity contribution in [1.82, 2.24) is 4.31 Å². The van der Waals surface area contributed by atoms with Crippen molar-refractivity contribution in [3.63, 3.8) is 0 Å². The van der Waals surface area contributed by atoms with E-state index in [1.165, 1.54) is 28.6 Å². The molecule has 23 heavy (non-hydrogen) atoms. The van der Waals surface area contributed by atoms with Gasteiger partial charge in [0.25, 0.3) is 0 Å². The zero-order valence-electron chi connectivity index (χ0n) is 11.9. The Morgan fingerprint density at radius 1 is 1.17 bits per heavy atom. The molecular weight excluding hydrogens is 335 g/mol. The Bertz CT molecular complexity index is 724. The molecular formula is C14H14F3NO4S. The third-order valence-corrected chi connectivity index (χ3v) is 5.51. The monoisotopic (exact) mass is 349 g/mol. The number of hydrogen-bond acceptors (Lipinski definition) is 4. The Balaban J connectivity index is 1.88. The first-order chi connectivity index (χ1) is 10.8. The number of ether oxygens (including phenoxy) is 2. The Morgan fingerprint density at radius 3 is 2.52 bits per heavy atom. The third-order valence-electron chi connectivity index (χ3n) is 3.62. The molecule has 0 radical (unpaired) electrons. The van der Waals surface area contributed by atoms with Gasteiger partial charge in [-0.2, -0.15) is 17.5 Å². The molecule has 1 unspecified atom stereocenters. The summed E-state index contributed by atoms with van der Waals surface area (Å²) in [5.41, 5.74) is 0.305. The fourth-order valence-electron chi connectivity index (χ4n) is 2.40. The van der Waals surface area contributed by atoms with Crippen LogP contribution in [0, 0.1) is 0 Å². The van der Waals surface area contributed by atoms with Crippen LogP contribution in [0.15, 0.2) is 29.2 Å². The van der Waals surface area contributed by atoms with E-state index in [-0.39, 0.29) is 23.7 Å². The molecule has 0 amide bonds. The highest BCUT2D eigenvalue weighted by Crippen LogP contribution is 2.34. The number of nitrogens with zero attached hydrogens (tertiary/aromatic N) is 1. The second kappa shape index (κ2) is 5.81. The molecule has 0 bridgehead atoms. The largest absolute Gasteiger partial charge is 0.476 e. The fraction of sp³-hybridized carbons (Fsp3) is 0.429. The maximum atomic E-state index is 12.7. The Hall–Kier alpha value is -1.58. The number of hydrogen-bond donors (Lipinski definition) is 0. The number of rotatable bonds is 2. The van der Waals surface area contributed by atoms with Gasteiger partial charge in [-0.15, -0.1) is 0 Å². The van der Waals surface area contributed by atoms with Crippen LogP contribution in [0.25, 0.3) is 6.08 Å². The average molecular weight is 349 g/mol. The zero-order chi connectivity index (χ0) is 16.7. The topological polar surface area (TPSA) is 55.8 Å². The Kier molecular flexibility index (Phi) is 4.11. The minimum atomic E-state index is -4.51. The van der Waals surface area contributed by atoms with Crippen molar-refractivity contribution in [2.45, 2.75) is 17.2 Å². The highest BCUT2D eigenvalue weighted by Gasteiger charge is 2.41. The molecule has 0 aliphatic carbocycles. The van der Waals surface area contributed by atoms with Gasteiger partial charge in [0.2, 0.25) is 16.1 Å². The summed E-state index contributed by atoms with van der Waals surface area (Å²) in [7, 11) is -3.70. The molecule has 1 atom stereocenters. The van der Waals surface area contributed by atoms with Gasteiger partial charge in [-0.1, -0.05) is 6.08 Å². The van der Waals surface area contributed by atoms with E-state index in [4.69, 9.17) is 9.47 Å². The molecule has 1 saturated heterocycles. The summed E-state index contributed by atoms with van der Waals surface area (Å²) in [4.78, 5) is 0.0249. The molecule has 0 spiro atoms. The predicted molar refractivity (Wildman–Crippen MR) is 75.5 cm³/mol. The van der Waals surface area contributed by atoms with Crippen molar-refractivity contribution in [2.24, 2.45) is 0 Å². The minimum Gasteiger partial charge on any atom is -0.476 e. The number of fused-ring (bicyclic) bond motifs is 1. The fourth-order valence-corrected chi connectivity index (χ4v) is 3.85.